The van der Waals surface area contributed by atoms with Crippen molar-refractivity contribution in [2.75, 3.05) is 11.9 Å². The number of hydrogen-bond donors (Lipinski definition) is 3. The van der Waals surface area contributed by atoms with Gasteiger partial charge in [0.05, 0.1) is 6.04 Å². The Bertz CT molecular complexity index is 597. The molecule has 20 heavy (non-hydrogen) atoms. The number of H-pyrrole nitrogens is 1. The van der Waals surface area contributed by atoms with Gasteiger partial charge in [0.15, 0.2) is 0 Å². The van der Waals surface area contributed by atoms with Crippen molar-refractivity contribution in [1.82, 2.24) is 25.9 Å². The summed E-state index contributed by atoms with van der Waals surface area (Å²) in [4.78, 5) is 12.2. The van der Waals surface area contributed by atoms with Crippen molar-refractivity contribution in [1.29, 1.82) is 0 Å². The molecule has 1 fully saturated rings. The van der Waals surface area contributed by atoms with Gasteiger partial charge in [-0.2, -0.15) is 5.21 Å². The number of carbonyl (C=O) groups is 1. The third-order valence-corrected chi connectivity index (χ3v) is 3.55. The summed E-state index contributed by atoms with van der Waals surface area (Å²) in [6, 6.07) is 7.29. The molecule has 1 saturated heterocycles. The minimum Gasteiger partial charge on any atom is -0.325 e. The molecule has 1 amide bonds. The fraction of sp³-hybridized carbons (Fsp3) is 0.385. The first-order valence-corrected chi connectivity index (χ1v) is 6.62. The van der Waals surface area contributed by atoms with E-state index in [9.17, 15) is 4.79 Å². The summed E-state index contributed by atoms with van der Waals surface area (Å²) in [5.74, 6) is 0.865. The molecule has 0 saturated carbocycles. The van der Waals surface area contributed by atoms with Gasteiger partial charge in [0.25, 0.3) is 0 Å². The van der Waals surface area contributed by atoms with Gasteiger partial charge in [0.1, 0.15) is 0 Å². The number of nitrogens with one attached hydrogen (secondary N) is 3. The highest BCUT2D eigenvalue weighted by atomic mass is 16.2. The normalized spacial score (nSPS) is 21.9. The van der Waals surface area contributed by atoms with Crippen LogP contribution in [0.1, 0.15) is 13.3 Å². The summed E-state index contributed by atoms with van der Waals surface area (Å²) in [6.07, 6.45) is 1.03. The van der Waals surface area contributed by atoms with Crippen LogP contribution in [0.2, 0.25) is 0 Å². The Morgan fingerprint density at radius 1 is 1.45 bits per heavy atom. The summed E-state index contributed by atoms with van der Waals surface area (Å²) in [5.41, 5.74) is 1.54. The van der Waals surface area contributed by atoms with E-state index in [1.165, 1.54) is 0 Å². The number of carbonyl (C=O) groups excluding carboxylic acids is 1. The standard InChI is InChI=1S/C13H16N6O/c1-8-5-6-14-11(8)13(20)15-10-4-2-3-9(7-10)12-16-18-19-17-12/h2-4,7-8,11,14H,5-6H2,1H3,(H,15,20)(H,16,17,18,19). The molecule has 2 unspecified atom stereocenters. The lowest BCUT2D eigenvalue weighted by Crippen LogP contribution is -2.39. The molecule has 104 valence electrons. The number of anilines is 1. The lowest BCUT2D eigenvalue weighted by Gasteiger charge is -2.15. The van der Waals surface area contributed by atoms with Gasteiger partial charge in [0, 0.05) is 11.3 Å². The van der Waals surface area contributed by atoms with Crippen LogP contribution in [0, 0.1) is 5.92 Å². The average Bonchev–Trinajstić information content (AvgIpc) is 3.09. The number of amides is 1. The zero-order valence-electron chi connectivity index (χ0n) is 11.1. The molecule has 7 nitrogen and oxygen atoms in total. The predicted octanol–water partition coefficient (Wildman–Crippen LogP) is 0.803. The molecule has 2 atom stereocenters. The average molecular weight is 272 g/mol. The topological polar surface area (TPSA) is 95.6 Å². The van der Waals surface area contributed by atoms with Gasteiger partial charge in [-0.25, -0.2) is 0 Å². The maximum absolute atomic E-state index is 12.2. The first-order valence-electron chi connectivity index (χ1n) is 6.62. The molecule has 1 aliphatic heterocycles. The van der Waals surface area contributed by atoms with Crippen molar-refractivity contribution >= 4 is 11.6 Å². The summed E-state index contributed by atoms with van der Waals surface area (Å²) in [5, 5.41) is 19.9. The molecule has 1 aliphatic rings. The predicted molar refractivity (Wildman–Crippen MR) is 73.8 cm³/mol. The lowest BCUT2D eigenvalue weighted by atomic mass is 10.0. The number of rotatable bonds is 3. The van der Waals surface area contributed by atoms with Crippen LogP contribution < -0.4 is 10.6 Å². The van der Waals surface area contributed by atoms with Crippen molar-refractivity contribution in [3.8, 4) is 11.4 Å². The highest BCUT2D eigenvalue weighted by Gasteiger charge is 2.29. The molecular weight excluding hydrogens is 256 g/mol. The van der Waals surface area contributed by atoms with Gasteiger partial charge >= 0.3 is 0 Å². The van der Waals surface area contributed by atoms with Crippen LogP contribution in [0.15, 0.2) is 24.3 Å². The molecule has 0 bridgehead atoms. The van der Waals surface area contributed by atoms with E-state index in [1.54, 1.807) is 0 Å². The SMILES string of the molecule is CC1CCNC1C(=O)Nc1cccc(-c2nn[nH]n2)c1. The minimum atomic E-state index is -0.121. The lowest BCUT2D eigenvalue weighted by molar-refractivity contribution is -0.118. The van der Waals surface area contributed by atoms with Gasteiger partial charge in [-0.15, -0.1) is 10.2 Å². The molecule has 0 radical (unpaired) electrons. The molecule has 2 aromatic rings. The second kappa shape index (κ2) is 5.38. The second-order valence-electron chi connectivity index (χ2n) is 5.00. The summed E-state index contributed by atoms with van der Waals surface area (Å²) in [7, 11) is 0. The van der Waals surface area contributed by atoms with Gasteiger partial charge in [0.2, 0.25) is 11.7 Å². The van der Waals surface area contributed by atoms with E-state index in [-0.39, 0.29) is 11.9 Å². The highest BCUT2D eigenvalue weighted by molar-refractivity contribution is 5.95. The second-order valence-corrected chi connectivity index (χ2v) is 5.00. The number of nitrogens with zero attached hydrogens (tertiary/aromatic N) is 3. The molecule has 3 N–H and O–H groups in total. The van der Waals surface area contributed by atoms with Gasteiger partial charge in [-0.05, 0) is 36.2 Å². The smallest absolute Gasteiger partial charge is 0.241 e. The van der Waals surface area contributed by atoms with E-state index >= 15 is 0 Å². The third kappa shape index (κ3) is 2.53. The van der Waals surface area contributed by atoms with E-state index in [2.05, 4.69) is 38.2 Å². The fourth-order valence-electron chi connectivity index (χ4n) is 2.43. The Morgan fingerprint density at radius 3 is 3.05 bits per heavy atom. The minimum absolute atomic E-state index is 0.000243. The zero-order valence-corrected chi connectivity index (χ0v) is 11.1. The molecular formula is C13H16N6O. The molecule has 3 rings (SSSR count). The Kier molecular flexibility index (Phi) is 3.42. The molecule has 7 heteroatoms. The molecule has 0 spiro atoms. The van der Waals surface area contributed by atoms with Crippen LogP contribution in [-0.2, 0) is 4.79 Å². The molecule has 1 aromatic carbocycles. The van der Waals surface area contributed by atoms with Crippen LogP contribution in [0.25, 0.3) is 11.4 Å². The van der Waals surface area contributed by atoms with Crippen molar-refractivity contribution in [2.24, 2.45) is 5.92 Å². The summed E-state index contributed by atoms with van der Waals surface area (Å²) < 4.78 is 0. The largest absolute Gasteiger partial charge is 0.325 e. The number of aromatic nitrogens is 4. The number of aromatic amines is 1. The monoisotopic (exact) mass is 272 g/mol. The van der Waals surface area contributed by atoms with Crippen LogP contribution in [0.4, 0.5) is 5.69 Å². The van der Waals surface area contributed by atoms with Crippen LogP contribution in [-0.4, -0.2) is 39.1 Å². The number of hydrogen-bond acceptors (Lipinski definition) is 5. The molecule has 1 aromatic heterocycles. The zero-order chi connectivity index (χ0) is 13.9. The van der Waals surface area contributed by atoms with Crippen LogP contribution in [0.5, 0.6) is 0 Å². The van der Waals surface area contributed by atoms with Crippen molar-refractivity contribution in [3.63, 3.8) is 0 Å². The Balaban J connectivity index is 1.74. The van der Waals surface area contributed by atoms with Gasteiger partial charge in [-0.3, -0.25) is 4.79 Å². The van der Waals surface area contributed by atoms with Crippen molar-refractivity contribution in [3.05, 3.63) is 24.3 Å². The highest BCUT2D eigenvalue weighted by Crippen LogP contribution is 2.20. The maximum atomic E-state index is 12.2. The van der Waals surface area contributed by atoms with E-state index in [0.717, 1.165) is 24.2 Å². The van der Waals surface area contributed by atoms with E-state index in [0.29, 0.717) is 11.7 Å². The Labute approximate surface area is 116 Å². The van der Waals surface area contributed by atoms with Crippen LogP contribution >= 0.6 is 0 Å². The van der Waals surface area contributed by atoms with E-state index in [1.807, 2.05) is 24.3 Å². The number of benzene rings is 1. The quantitative estimate of drug-likeness (QED) is 0.768. The van der Waals surface area contributed by atoms with Crippen molar-refractivity contribution in [2.45, 2.75) is 19.4 Å². The summed E-state index contributed by atoms with van der Waals surface area (Å²) >= 11 is 0. The van der Waals surface area contributed by atoms with Crippen LogP contribution in [0.3, 0.4) is 0 Å². The van der Waals surface area contributed by atoms with Gasteiger partial charge < -0.3 is 10.6 Å². The molecule has 2 heterocycles. The van der Waals surface area contributed by atoms with E-state index in [4.69, 9.17) is 0 Å². The summed E-state index contributed by atoms with van der Waals surface area (Å²) in [6.45, 7) is 2.97. The first kappa shape index (κ1) is 12.7. The van der Waals surface area contributed by atoms with Gasteiger partial charge in [-0.1, -0.05) is 19.1 Å². The van der Waals surface area contributed by atoms with E-state index < -0.39 is 0 Å². The molecule has 0 aliphatic carbocycles. The Hall–Kier alpha value is -2.28. The maximum Gasteiger partial charge on any atom is 0.241 e. The number of tetrazole rings is 1. The third-order valence-electron chi connectivity index (χ3n) is 3.55. The Morgan fingerprint density at radius 2 is 2.35 bits per heavy atom. The van der Waals surface area contributed by atoms with Crippen molar-refractivity contribution < 1.29 is 4.79 Å². The first-order chi connectivity index (χ1) is 9.74. The fourth-order valence-corrected chi connectivity index (χ4v) is 2.43.